The molecule has 21 heavy (non-hydrogen) atoms. The first-order valence-electron chi connectivity index (χ1n) is 7.20. The van der Waals surface area contributed by atoms with E-state index in [0.717, 1.165) is 38.4 Å². The minimum absolute atomic E-state index is 0.116. The summed E-state index contributed by atoms with van der Waals surface area (Å²) < 4.78 is 38.2. The van der Waals surface area contributed by atoms with E-state index in [4.69, 9.17) is 0 Å². The van der Waals surface area contributed by atoms with Gasteiger partial charge in [-0.15, -0.1) is 0 Å². The smallest absolute Gasteiger partial charge is 0.211 e. The van der Waals surface area contributed by atoms with Crippen LogP contribution in [-0.4, -0.2) is 58.3 Å². The van der Waals surface area contributed by atoms with Gasteiger partial charge in [0.05, 0.1) is 5.75 Å². The molecule has 7 heteroatoms. The Morgan fingerprint density at radius 1 is 1.14 bits per heavy atom. The van der Waals surface area contributed by atoms with Crippen LogP contribution in [0.2, 0.25) is 0 Å². The molecule has 1 aliphatic rings. The van der Waals surface area contributed by atoms with Crippen LogP contribution in [0.5, 0.6) is 0 Å². The van der Waals surface area contributed by atoms with E-state index in [2.05, 4.69) is 14.5 Å². The van der Waals surface area contributed by atoms with Crippen LogP contribution in [0.3, 0.4) is 0 Å². The third-order valence-corrected chi connectivity index (χ3v) is 5.10. The average molecular weight is 315 g/mol. The molecule has 1 N–H and O–H groups in total. The largest absolute Gasteiger partial charge is 0.369 e. The van der Waals surface area contributed by atoms with Gasteiger partial charge in [-0.3, -0.25) is 4.90 Å². The maximum Gasteiger partial charge on any atom is 0.211 e. The van der Waals surface area contributed by atoms with Crippen molar-refractivity contribution in [2.24, 2.45) is 0 Å². The molecule has 118 valence electrons. The molecule has 0 amide bonds. The SMILES string of the molecule is CCS(=O)(=O)NCCN1CCN(c2ccc(F)cc2)CC1. The van der Waals surface area contributed by atoms with Crippen molar-refractivity contribution in [1.29, 1.82) is 0 Å². The van der Waals surface area contributed by atoms with Gasteiger partial charge in [-0.05, 0) is 31.2 Å². The average Bonchev–Trinajstić information content (AvgIpc) is 2.49. The Morgan fingerprint density at radius 2 is 1.76 bits per heavy atom. The molecule has 0 aliphatic carbocycles. The Morgan fingerprint density at radius 3 is 2.33 bits per heavy atom. The second-order valence-corrected chi connectivity index (χ2v) is 7.20. The highest BCUT2D eigenvalue weighted by atomic mass is 32.2. The predicted molar refractivity (Wildman–Crippen MR) is 82.5 cm³/mol. The Balaban J connectivity index is 1.74. The summed E-state index contributed by atoms with van der Waals surface area (Å²) in [7, 11) is -3.10. The molecular formula is C14H22FN3O2S. The number of halogens is 1. The first-order chi connectivity index (χ1) is 10.00. The van der Waals surface area contributed by atoms with Gasteiger partial charge in [-0.25, -0.2) is 17.5 Å². The molecule has 1 aliphatic heterocycles. The molecule has 0 aromatic heterocycles. The van der Waals surface area contributed by atoms with Gasteiger partial charge < -0.3 is 4.90 Å². The van der Waals surface area contributed by atoms with Gasteiger partial charge in [0, 0.05) is 45.0 Å². The zero-order valence-electron chi connectivity index (χ0n) is 12.3. The van der Waals surface area contributed by atoms with Crippen LogP contribution in [0.15, 0.2) is 24.3 Å². The summed E-state index contributed by atoms with van der Waals surface area (Å²) in [5, 5.41) is 0. The lowest BCUT2D eigenvalue weighted by molar-refractivity contribution is 0.262. The Labute approximate surface area is 125 Å². The highest BCUT2D eigenvalue weighted by molar-refractivity contribution is 7.89. The van der Waals surface area contributed by atoms with Gasteiger partial charge in [0.1, 0.15) is 5.82 Å². The zero-order valence-corrected chi connectivity index (χ0v) is 13.1. The van der Waals surface area contributed by atoms with E-state index >= 15 is 0 Å². The summed E-state index contributed by atoms with van der Waals surface area (Å²) >= 11 is 0. The fraction of sp³-hybridized carbons (Fsp3) is 0.571. The normalized spacial score (nSPS) is 17.1. The fourth-order valence-electron chi connectivity index (χ4n) is 2.34. The van der Waals surface area contributed by atoms with Crippen molar-refractivity contribution < 1.29 is 12.8 Å². The topological polar surface area (TPSA) is 52.7 Å². The predicted octanol–water partition coefficient (Wildman–Crippen LogP) is 0.887. The standard InChI is InChI=1S/C14H22FN3O2S/c1-2-21(19,20)16-7-8-17-9-11-18(12-10-17)14-5-3-13(15)4-6-14/h3-6,16H,2,7-12H2,1H3. The molecule has 0 radical (unpaired) electrons. The van der Waals surface area contributed by atoms with Crippen molar-refractivity contribution in [3.63, 3.8) is 0 Å². The van der Waals surface area contributed by atoms with Crippen LogP contribution >= 0.6 is 0 Å². The van der Waals surface area contributed by atoms with Crippen LogP contribution < -0.4 is 9.62 Å². The van der Waals surface area contributed by atoms with Crippen molar-refractivity contribution in [2.75, 3.05) is 49.9 Å². The van der Waals surface area contributed by atoms with Crippen molar-refractivity contribution in [3.8, 4) is 0 Å². The third-order valence-electron chi connectivity index (χ3n) is 3.69. The van der Waals surface area contributed by atoms with E-state index in [9.17, 15) is 12.8 Å². The molecule has 0 atom stereocenters. The number of hydrogen-bond acceptors (Lipinski definition) is 4. The minimum atomic E-state index is -3.10. The number of nitrogens with zero attached hydrogens (tertiary/aromatic N) is 2. The first-order valence-corrected chi connectivity index (χ1v) is 8.85. The lowest BCUT2D eigenvalue weighted by atomic mass is 10.2. The summed E-state index contributed by atoms with van der Waals surface area (Å²) in [6, 6.07) is 6.53. The number of benzene rings is 1. The molecule has 1 heterocycles. The zero-order chi connectivity index (χ0) is 15.3. The third kappa shape index (κ3) is 4.94. The van der Waals surface area contributed by atoms with Crippen LogP contribution in [0.4, 0.5) is 10.1 Å². The molecule has 1 aromatic carbocycles. The highest BCUT2D eigenvalue weighted by Crippen LogP contribution is 2.16. The maximum absolute atomic E-state index is 12.9. The van der Waals surface area contributed by atoms with Gasteiger partial charge in [-0.1, -0.05) is 0 Å². The van der Waals surface area contributed by atoms with E-state index < -0.39 is 10.0 Å². The molecule has 0 saturated carbocycles. The molecule has 5 nitrogen and oxygen atoms in total. The summed E-state index contributed by atoms with van der Waals surface area (Å²) in [6.07, 6.45) is 0. The van der Waals surface area contributed by atoms with Gasteiger partial charge in [0.25, 0.3) is 0 Å². The van der Waals surface area contributed by atoms with Crippen molar-refractivity contribution in [1.82, 2.24) is 9.62 Å². The van der Waals surface area contributed by atoms with Crippen LogP contribution in [0.25, 0.3) is 0 Å². The van der Waals surface area contributed by atoms with E-state index in [0.29, 0.717) is 6.54 Å². The molecule has 0 spiro atoms. The summed E-state index contributed by atoms with van der Waals surface area (Å²) in [4.78, 5) is 4.45. The molecular weight excluding hydrogens is 293 g/mol. The van der Waals surface area contributed by atoms with E-state index in [1.165, 1.54) is 12.1 Å². The van der Waals surface area contributed by atoms with Gasteiger partial charge >= 0.3 is 0 Å². The van der Waals surface area contributed by atoms with Crippen molar-refractivity contribution >= 4 is 15.7 Å². The van der Waals surface area contributed by atoms with Gasteiger partial charge in [-0.2, -0.15) is 0 Å². The molecule has 0 bridgehead atoms. The Bertz CT molecular complexity index is 540. The fourth-order valence-corrected chi connectivity index (χ4v) is 2.95. The van der Waals surface area contributed by atoms with Gasteiger partial charge in [0.15, 0.2) is 0 Å². The number of nitrogens with one attached hydrogen (secondary N) is 1. The lowest BCUT2D eigenvalue weighted by Crippen LogP contribution is -2.48. The minimum Gasteiger partial charge on any atom is -0.369 e. The van der Waals surface area contributed by atoms with E-state index in [1.54, 1.807) is 19.1 Å². The van der Waals surface area contributed by atoms with Crippen LogP contribution in [0.1, 0.15) is 6.92 Å². The van der Waals surface area contributed by atoms with Crippen molar-refractivity contribution in [2.45, 2.75) is 6.92 Å². The second kappa shape index (κ2) is 7.20. The van der Waals surface area contributed by atoms with Crippen molar-refractivity contribution in [3.05, 3.63) is 30.1 Å². The number of anilines is 1. The van der Waals surface area contributed by atoms with Gasteiger partial charge in [0.2, 0.25) is 10.0 Å². The molecule has 1 aromatic rings. The second-order valence-electron chi connectivity index (χ2n) is 5.10. The highest BCUT2D eigenvalue weighted by Gasteiger charge is 2.17. The van der Waals surface area contributed by atoms with Crippen LogP contribution in [-0.2, 0) is 10.0 Å². The van der Waals surface area contributed by atoms with E-state index in [-0.39, 0.29) is 11.6 Å². The van der Waals surface area contributed by atoms with E-state index in [1.807, 2.05) is 0 Å². The molecule has 1 saturated heterocycles. The Kier molecular flexibility index (Phi) is 5.55. The summed E-state index contributed by atoms with van der Waals surface area (Å²) in [5.41, 5.74) is 1.03. The molecule has 1 fully saturated rings. The quantitative estimate of drug-likeness (QED) is 0.847. The summed E-state index contributed by atoms with van der Waals surface area (Å²) in [6.45, 7) is 6.29. The number of sulfonamides is 1. The maximum atomic E-state index is 12.9. The molecule has 0 unspecified atom stereocenters. The monoisotopic (exact) mass is 315 g/mol. The molecule has 2 rings (SSSR count). The number of piperazine rings is 1. The first kappa shape index (κ1) is 16.2. The number of rotatable bonds is 6. The number of hydrogen-bond donors (Lipinski definition) is 1. The lowest BCUT2D eigenvalue weighted by Gasteiger charge is -2.36. The Hall–Kier alpha value is -1.18. The summed E-state index contributed by atoms with van der Waals surface area (Å²) in [5.74, 6) is -0.105. The van der Waals surface area contributed by atoms with Crippen LogP contribution in [0, 0.1) is 5.82 Å².